The lowest BCUT2D eigenvalue weighted by Crippen LogP contribution is -2.43. The van der Waals surface area contributed by atoms with Crippen molar-refractivity contribution < 1.29 is 14.3 Å². The number of methoxy groups -OCH3 is 1. The van der Waals surface area contributed by atoms with Crippen molar-refractivity contribution in [2.75, 3.05) is 32.6 Å². The van der Waals surface area contributed by atoms with Crippen LogP contribution in [0, 0.1) is 11.8 Å². The Kier molecular flexibility index (Phi) is 9.62. The molecule has 2 aliphatic heterocycles. The minimum absolute atomic E-state index is 0.0292. The second-order valence-corrected chi connectivity index (χ2v) is 15.0. The molecule has 2 fully saturated rings. The number of allylic oxidation sites excluding steroid dienone is 1. The number of benzene rings is 4. The third-order valence-electron chi connectivity index (χ3n) is 10.5. The average molecular weight is 723 g/mol. The van der Waals surface area contributed by atoms with Crippen molar-refractivity contribution in [3.63, 3.8) is 0 Å². The lowest BCUT2D eigenvalue weighted by Gasteiger charge is -2.39. The Morgan fingerprint density at radius 2 is 1.64 bits per heavy atom. The summed E-state index contributed by atoms with van der Waals surface area (Å²) in [4.78, 5) is 22.9. The summed E-state index contributed by atoms with van der Waals surface area (Å²) in [5.74, 6) is 2.80. The highest BCUT2D eigenvalue weighted by atomic mass is 32.2. The Morgan fingerprint density at radius 3 is 2.38 bits per heavy atom. The molecule has 0 aliphatic carbocycles. The van der Waals surface area contributed by atoms with Crippen molar-refractivity contribution in [2.24, 2.45) is 11.8 Å². The smallest absolute Gasteiger partial charge is 0.282 e. The van der Waals surface area contributed by atoms with E-state index in [4.69, 9.17) is 14.5 Å². The summed E-state index contributed by atoms with van der Waals surface area (Å²) in [5.41, 5.74) is 6.81. The summed E-state index contributed by atoms with van der Waals surface area (Å²) >= 11 is 1.43. The van der Waals surface area contributed by atoms with Gasteiger partial charge in [-0.05, 0) is 103 Å². The van der Waals surface area contributed by atoms with E-state index >= 15 is 0 Å². The van der Waals surface area contributed by atoms with E-state index in [1.165, 1.54) is 11.8 Å². The fourth-order valence-electron chi connectivity index (χ4n) is 7.60. The van der Waals surface area contributed by atoms with Gasteiger partial charge in [-0.1, -0.05) is 53.4 Å². The van der Waals surface area contributed by atoms with E-state index in [0.29, 0.717) is 19.0 Å². The van der Waals surface area contributed by atoms with E-state index in [9.17, 15) is 4.79 Å². The molecule has 0 bridgehead atoms. The lowest BCUT2D eigenvalue weighted by molar-refractivity contribution is 0.129. The maximum Gasteiger partial charge on any atom is 0.282 e. The Morgan fingerprint density at radius 1 is 0.925 bits per heavy atom. The number of thioether (sulfide) groups is 1. The Labute approximate surface area is 314 Å². The molecule has 4 atom stereocenters. The number of amides is 1. The highest BCUT2D eigenvalue weighted by Crippen LogP contribution is 2.51. The van der Waals surface area contributed by atoms with Gasteiger partial charge in [-0.2, -0.15) is 0 Å². The number of fused-ring (bicyclic) bond motifs is 2. The van der Waals surface area contributed by atoms with Gasteiger partial charge < -0.3 is 19.3 Å². The molecule has 2 saturated heterocycles. The van der Waals surface area contributed by atoms with Crippen LogP contribution in [0.1, 0.15) is 23.7 Å². The van der Waals surface area contributed by atoms with Crippen LogP contribution < -0.4 is 14.4 Å². The van der Waals surface area contributed by atoms with Gasteiger partial charge in [-0.25, -0.2) is 4.98 Å². The first kappa shape index (κ1) is 34.5. The zero-order valence-corrected chi connectivity index (χ0v) is 30.9. The zero-order chi connectivity index (χ0) is 36.5. The molecule has 268 valence electrons. The van der Waals surface area contributed by atoms with E-state index < -0.39 is 0 Å². The number of carbonyl (C=O) groups excluding carboxylic acids is 1. The number of ether oxygens (including phenoxy) is 2. The molecule has 4 aromatic carbocycles. The quantitative estimate of drug-likeness (QED) is 0.122. The fourth-order valence-corrected chi connectivity index (χ4v) is 8.91. The third kappa shape index (κ3) is 7.11. The van der Waals surface area contributed by atoms with Crippen LogP contribution in [-0.4, -0.2) is 63.9 Å². The molecule has 1 amide bonds. The van der Waals surface area contributed by atoms with Crippen LogP contribution >= 0.6 is 11.8 Å². The van der Waals surface area contributed by atoms with Gasteiger partial charge in [0, 0.05) is 55.4 Å². The van der Waals surface area contributed by atoms with Crippen LogP contribution in [0.5, 0.6) is 17.2 Å². The molecule has 53 heavy (non-hydrogen) atoms. The Balaban J connectivity index is 1.06. The number of para-hydroxylation sites is 1. The van der Waals surface area contributed by atoms with Gasteiger partial charge >= 0.3 is 0 Å². The first-order valence-corrected chi connectivity index (χ1v) is 18.8. The van der Waals surface area contributed by atoms with Gasteiger partial charge in [0.05, 0.1) is 29.8 Å². The van der Waals surface area contributed by atoms with Crippen molar-refractivity contribution in [1.82, 2.24) is 24.9 Å². The number of hydrogen-bond acceptors (Lipinski definition) is 8. The first-order valence-electron chi connectivity index (χ1n) is 18.0. The molecule has 0 saturated carbocycles. The predicted octanol–water partition coefficient (Wildman–Crippen LogP) is 9.52. The second kappa shape index (κ2) is 14.8. The van der Waals surface area contributed by atoms with Crippen LogP contribution in [0.15, 0.2) is 122 Å². The molecule has 2 aliphatic rings. The van der Waals surface area contributed by atoms with Crippen LogP contribution in [0.4, 0.5) is 10.5 Å². The van der Waals surface area contributed by atoms with Gasteiger partial charge in [0.2, 0.25) is 0 Å². The van der Waals surface area contributed by atoms with Gasteiger partial charge in [0.15, 0.2) is 0 Å². The summed E-state index contributed by atoms with van der Waals surface area (Å²) in [6.45, 7) is 5.65. The molecule has 4 unspecified atom stereocenters. The molecule has 4 heterocycles. The standard InChI is InChI=1S/C43H42N6O3S/c1-5-28(26-48-27-40(45-46-48)30-11-15-32(16-12-30)47(2)3)31-21-22-49-41(23-31)42(53-43(49)50)37-25-39(44-38-20-19-35(51-4)24-36(37)38)29-13-17-34(18-14-29)52-33-9-7-6-8-10-33/h5-20,24-25,27-28,31,41-42H,1,21-23,26H2,2-4H3. The highest BCUT2D eigenvalue weighted by Gasteiger charge is 2.46. The summed E-state index contributed by atoms with van der Waals surface area (Å²) < 4.78 is 13.6. The number of piperidine rings is 1. The number of aromatic nitrogens is 4. The van der Waals surface area contributed by atoms with Crippen molar-refractivity contribution in [1.29, 1.82) is 0 Å². The van der Waals surface area contributed by atoms with Gasteiger partial charge in [0.1, 0.15) is 22.9 Å². The maximum absolute atomic E-state index is 13.6. The van der Waals surface area contributed by atoms with Crippen LogP contribution in [-0.2, 0) is 6.54 Å². The summed E-state index contributed by atoms with van der Waals surface area (Å²) in [6.07, 6.45) is 5.85. The van der Waals surface area contributed by atoms with E-state index in [2.05, 4.69) is 69.2 Å². The minimum atomic E-state index is -0.0732. The maximum atomic E-state index is 13.6. The fraction of sp³-hybridized carbons (Fsp3) is 0.256. The number of hydrogen-bond donors (Lipinski definition) is 0. The molecule has 9 nitrogen and oxygen atoms in total. The third-order valence-corrected chi connectivity index (χ3v) is 11.8. The Bertz CT molecular complexity index is 2240. The van der Waals surface area contributed by atoms with Crippen LogP contribution in [0.25, 0.3) is 33.4 Å². The van der Waals surface area contributed by atoms with Crippen molar-refractivity contribution >= 4 is 33.6 Å². The SMILES string of the molecule is C=CC(Cn1cc(-c2ccc(N(C)C)cc2)nn1)C1CCN2C(=O)SC(c3cc(-c4ccc(Oc5ccccc5)cc4)nc4ccc(OC)cc34)C2C1. The minimum Gasteiger partial charge on any atom is -0.497 e. The molecule has 0 radical (unpaired) electrons. The first-order chi connectivity index (χ1) is 25.9. The number of carbonyl (C=O) groups is 1. The normalized spacial score (nSPS) is 18.8. The number of pyridine rings is 1. The number of nitrogens with zero attached hydrogens (tertiary/aromatic N) is 6. The van der Waals surface area contributed by atoms with Gasteiger partial charge in [-0.15, -0.1) is 11.7 Å². The Hall–Kier alpha value is -5.61. The van der Waals surface area contributed by atoms with Crippen LogP contribution in [0.3, 0.4) is 0 Å². The summed E-state index contributed by atoms with van der Waals surface area (Å²) in [6, 6.07) is 34.3. The number of rotatable bonds is 11. The lowest BCUT2D eigenvalue weighted by atomic mass is 9.79. The summed E-state index contributed by atoms with van der Waals surface area (Å²) in [7, 11) is 5.74. The van der Waals surface area contributed by atoms with Crippen molar-refractivity contribution in [3.05, 3.63) is 128 Å². The topological polar surface area (TPSA) is 85.6 Å². The largest absolute Gasteiger partial charge is 0.497 e. The zero-order valence-electron chi connectivity index (χ0n) is 30.1. The monoisotopic (exact) mass is 722 g/mol. The number of anilines is 1. The van der Waals surface area contributed by atoms with Gasteiger partial charge in [-0.3, -0.25) is 9.48 Å². The van der Waals surface area contributed by atoms with Gasteiger partial charge in [0.25, 0.3) is 5.24 Å². The molecule has 0 N–H and O–H groups in total. The summed E-state index contributed by atoms with van der Waals surface area (Å²) in [5, 5.41) is 10.1. The second-order valence-electron chi connectivity index (χ2n) is 13.9. The molecule has 2 aromatic heterocycles. The van der Waals surface area contributed by atoms with E-state index in [1.54, 1.807) is 7.11 Å². The molecular weight excluding hydrogens is 681 g/mol. The van der Waals surface area contributed by atoms with E-state index in [1.807, 2.05) is 91.7 Å². The van der Waals surface area contributed by atoms with E-state index in [-0.39, 0.29) is 22.4 Å². The van der Waals surface area contributed by atoms with Crippen molar-refractivity contribution in [3.8, 4) is 39.8 Å². The van der Waals surface area contributed by atoms with Crippen LogP contribution in [0.2, 0.25) is 0 Å². The molecule has 10 heteroatoms. The molecule has 8 rings (SSSR count). The van der Waals surface area contributed by atoms with Crippen molar-refractivity contribution in [2.45, 2.75) is 30.7 Å². The molecular formula is C43H42N6O3S. The predicted molar refractivity (Wildman–Crippen MR) is 213 cm³/mol. The van der Waals surface area contributed by atoms with E-state index in [0.717, 1.165) is 74.8 Å². The average Bonchev–Trinajstić information content (AvgIpc) is 3.80. The molecule has 6 aromatic rings. The highest BCUT2D eigenvalue weighted by molar-refractivity contribution is 8.14. The molecule has 0 spiro atoms.